The molecule has 0 spiro atoms. The highest BCUT2D eigenvalue weighted by molar-refractivity contribution is 5.87. The quantitative estimate of drug-likeness (QED) is 0.441. The second-order valence-electron chi connectivity index (χ2n) is 7.80. The Morgan fingerprint density at radius 1 is 1.28 bits per heavy atom. The number of rotatable bonds is 10. The van der Waals surface area contributed by atoms with Gasteiger partial charge in [-0.05, 0) is 43.9 Å². The van der Waals surface area contributed by atoms with Gasteiger partial charge in [0.2, 0.25) is 5.91 Å². The molecule has 1 atom stereocenters. The Morgan fingerprint density at radius 3 is 2.84 bits per heavy atom. The number of para-hydroxylation sites is 1. The summed E-state index contributed by atoms with van der Waals surface area (Å²) in [5.74, 6) is 0.526. The number of amides is 1. The van der Waals surface area contributed by atoms with Gasteiger partial charge in [-0.15, -0.1) is 0 Å². The predicted molar refractivity (Wildman–Crippen MR) is 128 cm³/mol. The third kappa shape index (κ3) is 6.29. The molecule has 2 aromatic rings. The Morgan fingerprint density at radius 2 is 2.06 bits per heavy atom. The SMILES string of the molecule is CC/C=C\C=C(/C(C)C(=O)N(C)CCCCNC1=Nc2ccccc2CN1)n1nccn1. The molecule has 8 heteroatoms. The van der Waals surface area contributed by atoms with E-state index >= 15 is 0 Å². The molecule has 1 amide bonds. The van der Waals surface area contributed by atoms with Crippen molar-refractivity contribution in [3.05, 3.63) is 60.5 Å². The highest BCUT2D eigenvalue weighted by Gasteiger charge is 2.23. The lowest BCUT2D eigenvalue weighted by molar-refractivity contribution is -0.132. The van der Waals surface area contributed by atoms with Gasteiger partial charge in [0.15, 0.2) is 5.96 Å². The number of unbranched alkanes of at least 4 members (excludes halogenated alkanes) is 1. The summed E-state index contributed by atoms with van der Waals surface area (Å²) in [6, 6.07) is 8.14. The number of nitrogens with one attached hydrogen (secondary N) is 2. The zero-order valence-corrected chi connectivity index (χ0v) is 19.2. The molecule has 3 rings (SSSR count). The molecule has 1 aliphatic rings. The third-order valence-electron chi connectivity index (χ3n) is 5.36. The molecule has 1 aromatic carbocycles. The number of aliphatic imine (C=N–C) groups is 1. The van der Waals surface area contributed by atoms with Gasteiger partial charge < -0.3 is 15.5 Å². The van der Waals surface area contributed by atoms with Gasteiger partial charge in [-0.3, -0.25) is 4.79 Å². The lowest BCUT2D eigenvalue weighted by Gasteiger charge is -2.23. The first-order valence-corrected chi connectivity index (χ1v) is 11.2. The van der Waals surface area contributed by atoms with E-state index < -0.39 is 0 Å². The van der Waals surface area contributed by atoms with Crippen LogP contribution in [0, 0.1) is 5.92 Å². The molecule has 0 saturated heterocycles. The van der Waals surface area contributed by atoms with Crippen molar-refractivity contribution in [3.8, 4) is 0 Å². The lowest BCUT2D eigenvalue weighted by atomic mass is 10.1. The maximum absolute atomic E-state index is 13.0. The third-order valence-corrected chi connectivity index (χ3v) is 5.36. The van der Waals surface area contributed by atoms with Crippen molar-refractivity contribution in [3.63, 3.8) is 0 Å². The van der Waals surface area contributed by atoms with Crippen molar-refractivity contribution >= 4 is 23.3 Å². The molecular formula is C24H33N7O. The number of hydrogen-bond donors (Lipinski definition) is 2. The molecule has 0 saturated carbocycles. The fourth-order valence-corrected chi connectivity index (χ4v) is 3.49. The van der Waals surface area contributed by atoms with Gasteiger partial charge in [-0.2, -0.15) is 15.0 Å². The first-order chi connectivity index (χ1) is 15.6. The maximum atomic E-state index is 13.0. The lowest BCUT2D eigenvalue weighted by Crippen LogP contribution is -2.39. The number of allylic oxidation sites excluding steroid dienone is 3. The van der Waals surface area contributed by atoms with Crippen LogP contribution in [0.2, 0.25) is 0 Å². The monoisotopic (exact) mass is 435 g/mol. The Labute approximate surface area is 190 Å². The van der Waals surface area contributed by atoms with E-state index in [1.807, 2.05) is 50.4 Å². The van der Waals surface area contributed by atoms with Gasteiger partial charge in [0, 0.05) is 26.7 Å². The number of fused-ring (bicyclic) bond motifs is 1. The highest BCUT2D eigenvalue weighted by Crippen LogP contribution is 2.21. The number of guanidine groups is 1. The van der Waals surface area contributed by atoms with E-state index in [1.165, 1.54) is 10.4 Å². The molecule has 32 heavy (non-hydrogen) atoms. The summed E-state index contributed by atoms with van der Waals surface area (Å²) in [5, 5.41) is 15.1. The number of hydrogen-bond acceptors (Lipinski definition) is 6. The van der Waals surface area contributed by atoms with E-state index in [1.54, 1.807) is 17.3 Å². The Bertz CT molecular complexity index is 962. The van der Waals surface area contributed by atoms with Crippen LogP contribution in [0.15, 0.2) is 59.9 Å². The number of aromatic nitrogens is 3. The Balaban J connectivity index is 1.45. The molecule has 2 N–H and O–H groups in total. The summed E-state index contributed by atoms with van der Waals surface area (Å²) in [7, 11) is 1.85. The van der Waals surface area contributed by atoms with Crippen LogP contribution in [-0.4, -0.2) is 51.9 Å². The van der Waals surface area contributed by atoms with Crippen molar-refractivity contribution in [2.45, 2.75) is 39.7 Å². The topological polar surface area (TPSA) is 87.4 Å². The normalized spacial score (nSPS) is 14.5. The highest BCUT2D eigenvalue weighted by atomic mass is 16.2. The molecule has 0 radical (unpaired) electrons. The van der Waals surface area contributed by atoms with Crippen molar-refractivity contribution in [1.29, 1.82) is 0 Å². The molecule has 1 aromatic heterocycles. The summed E-state index contributed by atoms with van der Waals surface area (Å²) in [6.45, 7) is 6.25. The zero-order valence-electron chi connectivity index (χ0n) is 19.2. The van der Waals surface area contributed by atoms with Crippen LogP contribution in [0.5, 0.6) is 0 Å². The van der Waals surface area contributed by atoms with Crippen LogP contribution >= 0.6 is 0 Å². The molecule has 2 heterocycles. The van der Waals surface area contributed by atoms with Crippen LogP contribution in [0.1, 0.15) is 38.7 Å². The standard InChI is InChI=1S/C24H33N7O/c1-4-5-6-13-22(31-27-15-16-28-31)19(2)23(32)30(3)17-10-9-14-25-24-26-18-20-11-7-8-12-21(20)29-24/h5-8,11-13,15-16,19H,4,9-10,14,17-18H2,1-3H3,(H2,25,26,29)/b6-5-,22-13+. The average Bonchev–Trinajstić information content (AvgIpc) is 3.35. The van der Waals surface area contributed by atoms with E-state index in [0.29, 0.717) is 6.54 Å². The van der Waals surface area contributed by atoms with E-state index in [4.69, 9.17) is 0 Å². The molecule has 0 fully saturated rings. The van der Waals surface area contributed by atoms with Crippen LogP contribution in [-0.2, 0) is 11.3 Å². The van der Waals surface area contributed by atoms with Crippen LogP contribution in [0.25, 0.3) is 5.70 Å². The van der Waals surface area contributed by atoms with Crippen molar-refractivity contribution < 1.29 is 4.79 Å². The number of carbonyl (C=O) groups excluding carboxylic acids is 1. The summed E-state index contributed by atoms with van der Waals surface area (Å²) in [6.07, 6.45) is 11.9. The van der Waals surface area contributed by atoms with Crippen molar-refractivity contribution in [2.24, 2.45) is 10.9 Å². The summed E-state index contributed by atoms with van der Waals surface area (Å²) in [5.41, 5.74) is 2.98. The minimum Gasteiger partial charge on any atom is -0.356 e. The second-order valence-corrected chi connectivity index (χ2v) is 7.80. The zero-order chi connectivity index (χ0) is 22.8. The van der Waals surface area contributed by atoms with Crippen molar-refractivity contribution in [2.75, 3.05) is 20.1 Å². The van der Waals surface area contributed by atoms with Crippen LogP contribution in [0.3, 0.4) is 0 Å². The van der Waals surface area contributed by atoms with Gasteiger partial charge in [-0.1, -0.05) is 37.3 Å². The first-order valence-electron chi connectivity index (χ1n) is 11.2. The summed E-state index contributed by atoms with van der Waals surface area (Å²) in [4.78, 5) is 20.9. The van der Waals surface area contributed by atoms with E-state index in [2.05, 4.69) is 38.8 Å². The fourth-order valence-electron chi connectivity index (χ4n) is 3.49. The predicted octanol–water partition coefficient (Wildman–Crippen LogP) is 3.34. The molecule has 1 aliphatic heterocycles. The minimum atomic E-state index is -0.340. The van der Waals surface area contributed by atoms with Crippen molar-refractivity contribution in [1.82, 2.24) is 30.5 Å². The molecular weight excluding hydrogens is 402 g/mol. The summed E-state index contributed by atoms with van der Waals surface area (Å²) < 4.78 is 0. The van der Waals surface area contributed by atoms with Gasteiger partial charge in [-0.25, -0.2) is 4.99 Å². The van der Waals surface area contributed by atoms with Crippen LogP contribution < -0.4 is 10.6 Å². The maximum Gasteiger partial charge on any atom is 0.231 e. The largest absolute Gasteiger partial charge is 0.356 e. The van der Waals surface area contributed by atoms with Gasteiger partial charge in [0.25, 0.3) is 0 Å². The van der Waals surface area contributed by atoms with E-state index in [-0.39, 0.29) is 11.8 Å². The smallest absolute Gasteiger partial charge is 0.231 e. The van der Waals surface area contributed by atoms with E-state index in [0.717, 1.165) is 49.7 Å². The summed E-state index contributed by atoms with van der Waals surface area (Å²) >= 11 is 0. The van der Waals surface area contributed by atoms with Gasteiger partial charge in [0.1, 0.15) is 0 Å². The Hall–Kier alpha value is -3.42. The average molecular weight is 436 g/mol. The number of nitrogens with zero attached hydrogens (tertiary/aromatic N) is 5. The van der Waals surface area contributed by atoms with Gasteiger partial charge in [0.05, 0.1) is 29.7 Å². The molecule has 1 unspecified atom stereocenters. The number of carbonyl (C=O) groups is 1. The van der Waals surface area contributed by atoms with Crippen LogP contribution in [0.4, 0.5) is 5.69 Å². The number of benzene rings is 1. The molecule has 0 aliphatic carbocycles. The molecule has 8 nitrogen and oxygen atoms in total. The van der Waals surface area contributed by atoms with E-state index in [9.17, 15) is 4.79 Å². The molecule has 0 bridgehead atoms. The first kappa shape index (κ1) is 23.2. The second kappa shape index (κ2) is 11.8. The fraction of sp³-hybridized carbons (Fsp3) is 0.417. The Kier molecular flexibility index (Phi) is 8.60. The van der Waals surface area contributed by atoms with Gasteiger partial charge >= 0.3 is 0 Å². The molecule has 170 valence electrons. The minimum absolute atomic E-state index is 0.0568.